The highest BCUT2D eigenvalue weighted by molar-refractivity contribution is 5.86. The average molecular weight is 272 g/mol. The minimum Gasteiger partial charge on any atom is -0.389 e. The van der Waals surface area contributed by atoms with Crippen molar-refractivity contribution in [1.29, 1.82) is 0 Å². The lowest BCUT2D eigenvalue weighted by atomic mass is 9.93. The van der Waals surface area contributed by atoms with Crippen molar-refractivity contribution in [3.05, 3.63) is 65.5 Å². The second kappa shape index (κ2) is 6.44. The van der Waals surface area contributed by atoms with Crippen LogP contribution in [0.4, 0.5) is 4.39 Å². The van der Waals surface area contributed by atoms with Crippen molar-refractivity contribution in [2.75, 3.05) is 6.61 Å². The molecule has 0 aliphatic heterocycles. The van der Waals surface area contributed by atoms with Gasteiger partial charge in [-0.05, 0) is 23.6 Å². The molecule has 0 radical (unpaired) electrons. The van der Waals surface area contributed by atoms with Crippen LogP contribution in [0, 0.1) is 5.82 Å². The summed E-state index contributed by atoms with van der Waals surface area (Å²) in [5, 5.41) is 8.86. The highest BCUT2D eigenvalue weighted by Crippen LogP contribution is 2.26. The molecule has 0 heterocycles. The molecule has 2 nitrogen and oxygen atoms in total. The lowest BCUT2D eigenvalue weighted by molar-refractivity contribution is -0.122. The maximum atomic E-state index is 14.2. The van der Waals surface area contributed by atoms with Gasteiger partial charge in [0.05, 0.1) is 0 Å². The maximum absolute atomic E-state index is 14.2. The summed E-state index contributed by atoms with van der Waals surface area (Å²) < 4.78 is 14.2. The van der Waals surface area contributed by atoms with E-state index in [4.69, 9.17) is 5.11 Å². The molecule has 1 atom stereocenters. The quantitative estimate of drug-likeness (QED) is 0.912. The van der Waals surface area contributed by atoms with E-state index in [9.17, 15) is 9.18 Å². The molecular weight excluding hydrogens is 255 g/mol. The van der Waals surface area contributed by atoms with E-state index in [-0.39, 0.29) is 11.6 Å². The summed E-state index contributed by atoms with van der Waals surface area (Å²) in [6, 6.07) is 4.83. The van der Waals surface area contributed by atoms with Gasteiger partial charge in [-0.1, -0.05) is 49.4 Å². The number of allylic oxidation sites excluding steroid dienone is 6. The Morgan fingerprint density at radius 3 is 2.85 bits per heavy atom. The summed E-state index contributed by atoms with van der Waals surface area (Å²) in [5.74, 6) is -1.14. The zero-order chi connectivity index (χ0) is 14.5. The number of hydrogen-bond acceptors (Lipinski definition) is 2. The van der Waals surface area contributed by atoms with Crippen molar-refractivity contribution < 1.29 is 14.3 Å². The molecule has 1 unspecified atom stereocenters. The second-order valence-corrected chi connectivity index (χ2v) is 4.79. The largest absolute Gasteiger partial charge is 0.389 e. The van der Waals surface area contributed by atoms with E-state index in [0.29, 0.717) is 17.5 Å². The first-order valence-electron chi connectivity index (χ1n) is 6.59. The van der Waals surface area contributed by atoms with Crippen LogP contribution in [0.25, 0.3) is 5.57 Å². The standard InChI is InChI=1S/C17H17FO2/c1-12(17(20)11-19)14-8-9-15(16(18)10-14)13-6-4-2-3-5-7-13/h2-6,8-10,12,19H,7,11H2,1H3. The number of carbonyl (C=O) groups excluding carboxylic acids is 1. The van der Waals surface area contributed by atoms with Gasteiger partial charge in [0, 0.05) is 11.5 Å². The molecule has 0 spiro atoms. The number of halogens is 1. The molecule has 104 valence electrons. The monoisotopic (exact) mass is 272 g/mol. The zero-order valence-corrected chi connectivity index (χ0v) is 11.3. The summed E-state index contributed by atoms with van der Waals surface area (Å²) >= 11 is 0. The maximum Gasteiger partial charge on any atom is 0.165 e. The molecule has 0 amide bonds. The van der Waals surface area contributed by atoms with Crippen molar-refractivity contribution in [2.24, 2.45) is 0 Å². The summed E-state index contributed by atoms with van der Waals surface area (Å²) in [5.41, 5.74) is 2.04. The number of rotatable bonds is 4. The third kappa shape index (κ3) is 3.11. The fourth-order valence-corrected chi connectivity index (χ4v) is 2.16. The van der Waals surface area contributed by atoms with Crippen LogP contribution in [0.3, 0.4) is 0 Å². The molecule has 1 aromatic rings. The van der Waals surface area contributed by atoms with Crippen LogP contribution in [-0.4, -0.2) is 17.5 Å². The van der Waals surface area contributed by atoms with E-state index in [0.717, 1.165) is 5.57 Å². The number of hydrogen-bond donors (Lipinski definition) is 1. The first kappa shape index (κ1) is 14.4. The second-order valence-electron chi connectivity index (χ2n) is 4.79. The highest BCUT2D eigenvalue weighted by atomic mass is 19.1. The molecule has 0 bridgehead atoms. The van der Waals surface area contributed by atoms with Crippen molar-refractivity contribution in [2.45, 2.75) is 19.3 Å². The predicted octanol–water partition coefficient (Wildman–Crippen LogP) is 3.39. The van der Waals surface area contributed by atoms with E-state index in [1.165, 1.54) is 6.07 Å². The number of aliphatic hydroxyl groups excluding tert-OH is 1. The number of carbonyl (C=O) groups is 1. The highest BCUT2D eigenvalue weighted by Gasteiger charge is 2.16. The fraction of sp³-hybridized carbons (Fsp3) is 0.235. The SMILES string of the molecule is CC(C(=O)CO)c1ccc(C2=CC=CC=CC2)c(F)c1. The van der Waals surface area contributed by atoms with E-state index in [1.54, 1.807) is 19.1 Å². The van der Waals surface area contributed by atoms with Crippen LogP contribution >= 0.6 is 0 Å². The molecule has 0 fully saturated rings. The Hall–Kier alpha value is -2.00. The van der Waals surface area contributed by atoms with E-state index >= 15 is 0 Å². The Morgan fingerprint density at radius 1 is 1.35 bits per heavy atom. The Balaban J connectivity index is 2.31. The van der Waals surface area contributed by atoms with Crippen molar-refractivity contribution in [3.8, 4) is 0 Å². The average Bonchev–Trinajstić information content (AvgIpc) is 2.74. The minimum absolute atomic E-state index is 0.309. The number of benzene rings is 1. The van der Waals surface area contributed by atoms with Crippen molar-refractivity contribution in [3.63, 3.8) is 0 Å². The molecule has 3 heteroatoms. The molecule has 0 saturated carbocycles. The molecule has 1 aliphatic rings. The molecule has 1 aromatic carbocycles. The van der Waals surface area contributed by atoms with Crippen LogP contribution in [0.15, 0.2) is 48.6 Å². The zero-order valence-electron chi connectivity index (χ0n) is 11.3. The Labute approximate surface area is 117 Å². The summed E-state index contributed by atoms with van der Waals surface area (Å²) in [6.45, 7) is 1.15. The predicted molar refractivity (Wildman–Crippen MR) is 77.8 cm³/mol. The number of aliphatic hydroxyl groups is 1. The lowest BCUT2D eigenvalue weighted by Crippen LogP contribution is -2.13. The molecule has 0 aromatic heterocycles. The molecule has 20 heavy (non-hydrogen) atoms. The van der Waals surface area contributed by atoms with E-state index in [2.05, 4.69) is 0 Å². The first-order chi connectivity index (χ1) is 9.63. The normalized spacial score (nSPS) is 15.7. The Morgan fingerprint density at radius 2 is 2.15 bits per heavy atom. The smallest absolute Gasteiger partial charge is 0.165 e. The molecule has 0 saturated heterocycles. The summed E-state index contributed by atoms with van der Waals surface area (Å²) in [7, 11) is 0. The Bertz CT molecular complexity index is 597. The molecule has 2 rings (SSSR count). The lowest BCUT2D eigenvalue weighted by Gasteiger charge is -2.12. The van der Waals surface area contributed by atoms with Crippen LogP contribution in [0.1, 0.15) is 30.4 Å². The van der Waals surface area contributed by atoms with E-state index < -0.39 is 12.5 Å². The van der Waals surface area contributed by atoms with Gasteiger partial charge in [0.15, 0.2) is 5.78 Å². The van der Waals surface area contributed by atoms with Crippen LogP contribution < -0.4 is 0 Å². The van der Waals surface area contributed by atoms with Gasteiger partial charge in [0.2, 0.25) is 0 Å². The van der Waals surface area contributed by atoms with Gasteiger partial charge < -0.3 is 5.11 Å². The van der Waals surface area contributed by atoms with Gasteiger partial charge in [-0.15, -0.1) is 0 Å². The van der Waals surface area contributed by atoms with E-state index in [1.807, 2.05) is 30.4 Å². The number of ketones is 1. The number of Topliss-reactive ketones (excluding diaryl/α,β-unsaturated/α-hetero) is 1. The topological polar surface area (TPSA) is 37.3 Å². The molecule has 1 N–H and O–H groups in total. The fourth-order valence-electron chi connectivity index (χ4n) is 2.16. The third-order valence-electron chi connectivity index (χ3n) is 3.47. The van der Waals surface area contributed by atoms with Gasteiger partial charge in [0.1, 0.15) is 12.4 Å². The summed E-state index contributed by atoms with van der Waals surface area (Å²) in [6.07, 6.45) is 10.2. The molecular formula is C17H17FO2. The van der Waals surface area contributed by atoms with Crippen LogP contribution in [0.5, 0.6) is 0 Å². The Kier molecular flexibility index (Phi) is 4.64. The van der Waals surface area contributed by atoms with Crippen LogP contribution in [-0.2, 0) is 4.79 Å². The van der Waals surface area contributed by atoms with Crippen molar-refractivity contribution in [1.82, 2.24) is 0 Å². The first-order valence-corrected chi connectivity index (χ1v) is 6.59. The van der Waals surface area contributed by atoms with Gasteiger partial charge in [-0.2, -0.15) is 0 Å². The van der Waals surface area contributed by atoms with Gasteiger partial charge in [0.25, 0.3) is 0 Å². The molecule has 1 aliphatic carbocycles. The summed E-state index contributed by atoms with van der Waals surface area (Å²) in [4.78, 5) is 11.5. The van der Waals surface area contributed by atoms with Gasteiger partial charge in [-0.25, -0.2) is 4.39 Å². The third-order valence-corrected chi connectivity index (χ3v) is 3.47. The van der Waals surface area contributed by atoms with Crippen LogP contribution in [0.2, 0.25) is 0 Å². The van der Waals surface area contributed by atoms with Crippen molar-refractivity contribution >= 4 is 11.4 Å². The minimum atomic E-state index is -0.523. The van der Waals surface area contributed by atoms with Gasteiger partial charge in [-0.3, -0.25) is 4.79 Å². The van der Waals surface area contributed by atoms with Gasteiger partial charge >= 0.3 is 0 Å².